The van der Waals surface area contributed by atoms with Gasteiger partial charge in [0.05, 0.1) is 13.2 Å². The summed E-state index contributed by atoms with van der Waals surface area (Å²) in [5, 5.41) is 40.0. The van der Waals surface area contributed by atoms with E-state index < -0.39 is 49.4 Å². The Morgan fingerprint density at radius 2 is 1.02 bits per heavy atom. The average Bonchev–Trinajstić information content (AvgIpc) is 3.14. The number of esters is 2. The van der Waals surface area contributed by atoms with Gasteiger partial charge in [-0.1, -0.05) is 148 Å². The largest absolute Gasteiger partial charge is 0.462 e. The molecule has 4 N–H and O–H groups in total. The fourth-order valence-corrected chi connectivity index (χ4v) is 6.48. The normalized spacial score (nSPS) is 21.1. The molecule has 52 heavy (non-hydrogen) atoms. The minimum Gasteiger partial charge on any atom is -0.462 e. The first-order valence-corrected chi connectivity index (χ1v) is 21.3. The van der Waals surface area contributed by atoms with Crippen LogP contribution in [0.5, 0.6) is 0 Å². The highest BCUT2D eigenvalue weighted by molar-refractivity contribution is 5.70. The van der Waals surface area contributed by atoms with Crippen LogP contribution in [0.1, 0.15) is 187 Å². The Kier molecular flexibility index (Phi) is 31.7. The summed E-state index contributed by atoms with van der Waals surface area (Å²) in [5.41, 5.74) is 0. The Balaban J connectivity index is 2.36. The lowest BCUT2D eigenvalue weighted by molar-refractivity contribution is -0.305. The number of aliphatic hydroxyl groups excluding tert-OH is 4. The molecule has 0 aromatic heterocycles. The zero-order valence-electron chi connectivity index (χ0n) is 33.1. The number of hydrogen-bond acceptors (Lipinski definition) is 10. The highest BCUT2D eigenvalue weighted by atomic mass is 16.7. The van der Waals surface area contributed by atoms with E-state index in [1.165, 1.54) is 96.3 Å². The molecular formula is C42H78O10. The molecule has 0 spiro atoms. The molecule has 10 heteroatoms. The van der Waals surface area contributed by atoms with Gasteiger partial charge < -0.3 is 39.4 Å². The summed E-state index contributed by atoms with van der Waals surface area (Å²) >= 11 is 0. The maximum absolute atomic E-state index is 12.7. The summed E-state index contributed by atoms with van der Waals surface area (Å²) in [4.78, 5) is 25.2. The molecule has 1 rings (SSSR count). The highest BCUT2D eigenvalue weighted by Gasteiger charge is 2.44. The van der Waals surface area contributed by atoms with Crippen LogP contribution in [0.2, 0.25) is 0 Å². The van der Waals surface area contributed by atoms with Crippen LogP contribution in [-0.4, -0.2) is 89.0 Å². The standard InChI is InChI=1S/C42H78O10/c1-3-5-7-9-11-13-15-17-19-21-23-25-27-29-31-38(45)51-35(34-50-42-41(48)40(47)39(46)36(32-43)52-42)33-49-37(44)30-28-26-24-22-20-18-16-14-12-10-8-6-4-2/h14,16,35-36,39-43,46-48H,3-13,15,17-34H2,1-2H3/b16-14+/t35-,36-,39+,40?,41?,42-/m1/s1. The smallest absolute Gasteiger partial charge is 0.306 e. The molecule has 0 bridgehead atoms. The van der Waals surface area contributed by atoms with Crippen molar-refractivity contribution < 1.29 is 49.0 Å². The minimum atomic E-state index is -1.59. The van der Waals surface area contributed by atoms with E-state index in [4.69, 9.17) is 18.9 Å². The summed E-state index contributed by atoms with van der Waals surface area (Å²) < 4.78 is 22.1. The second-order valence-electron chi connectivity index (χ2n) is 14.8. The van der Waals surface area contributed by atoms with Gasteiger partial charge in [0, 0.05) is 12.8 Å². The molecule has 306 valence electrons. The number of ether oxygens (including phenoxy) is 4. The molecule has 0 saturated carbocycles. The highest BCUT2D eigenvalue weighted by Crippen LogP contribution is 2.22. The van der Waals surface area contributed by atoms with Crippen LogP contribution < -0.4 is 0 Å². The molecule has 1 saturated heterocycles. The Bertz CT molecular complexity index is 866. The average molecular weight is 743 g/mol. The Morgan fingerprint density at radius 3 is 1.52 bits per heavy atom. The predicted octanol–water partition coefficient (Wildman–Crippen LogP) is 8.39. The number of rotatable bonds is 35. The van der Waals surface area contributed by atoms with Crippen molar-refractivity contribution in [2.45, 2.75) is 224 Å². The number of unbranched alkanes of at least 4 members (excludes halogenated alkanes) is 22. The van der Waals surface area contributed by atoms with Gasteiger partial charge in [-0.2, -0.15) is 0 Å². The molecule has 10 nitrogen and oxygen atoms in total. The lowest BCUT2D eigenvalue weighted by Gasteiger charge is -2.39. The van der Waals surface area contributed by atoms with Gasteiger partial charge in [0.25, 0.3) is 0 Å². The number of hydrogen-bond donors (Lipinski definition) is 4. The van der Waals surface area contributed by atoms with Crippen LogP contribution in [0, 0.1) is 0 Å². The van der Waals surface area contributed by atoms with Crippen LogP contribution in [0.25, 0.3) is 0 Å². The number of aliphatic hydroxyl groups is 4. The quantitative estimate of drug-likeness (QED) is 0.0283. The molecule has 0 radical (unpaired) electrons. The fraction of sp³-hybridized carbons (Fsp3) is 0.905. The summed E-state index contributed by atoms with van der Waals surface area (Å²) in [5.74, 6) is -0.810. The lowest BCUT2D eigenvalue weighted by atomic mass is 9.99. The van der Waals surface area contributed by atoms with Crippen LogP contribution >= 0.6 is 0 Å². The lowest BCUT2D eigenvalue weighted by Crippen LogP contribution is -2.59. The van der Waals surface area contributed by atoms with Crippen LogP contribution in [-0.2, 0) is 28.5 Å². The Hall–Kier alpha value is -1.56. The molecule has 1 heterocycles. The minimum absolute atomic E-state index is 0.217. The van der Waals surface area contributed by atoms with Crippen LogP contribution in [0.4, 0.5) is 0 Å². The van der Waals surface area contributed by atoms with E-state index in [9.17, 15) is 30.0 Å². The van der Waals surface area contributed by atoms with Gasteiger partial charge in [-0.15, -0.1) is 0 Å². The molecule has 2 unspecified atom stereocenters. The van der Waals surface area contributed by atoms with Crippen LogP contribution in [0.15, 0.2) is 12.2 Å². The van der Waals surface area contributed by atoms with E-state index in [2.05, 4.69) is 26.0 Å². The van der Waals surface area contributed by atoms with Crippen molar-refractivity contribution in [3.05, 3.63) is 12.2 Å². The van der Waals surface area contributed by atoms with Crippen LogP contribution in [0.3, 0.4) is 0 Å². The van der Waals surface area contributed by atoms with E-state index in [1.807, 2.05) is 0 Å². The van der Waals surface area contributed by atoms with Gasteiger partial charge in [-0.25, -0.2) is 0 Å². The van der Waals surface area contributed by atoms with Crippen molar-refractivity contribution in [1.82, 2.24) is 0 Å². The first-order chi connectivity index (χ1) is 25.3. The molecule has 1 aliphatic rings. The van der Waals surface area contributed by atoms with Gasteiger partial charge in [0.15, 0.2) is 12.4 Å². The Labute approximate surface area is 316 Å². The second-order valence-corrected chi connectivity index (χ2v) is 14.8. The number of carbonyl (C=O) groups is 2. The van der Waals surface area contributed by atoms with E-state index in [0.717, 1.165) is 57.8 Å². The maximum atomic E-state index is 12.7. The van der Waals surface area contributed by atoms with E-state index in [1.54, 1.807) is 0 Å². The fourth-order valence-electron chi connectivity index (χ4n) is 6.48. The number of carbonyl (C=O) groups excluding carboxylic acids is 2. The molecule has 0 aromatic rings. The van der Waals surface area contributed by atoms with Crippen molar-refractivity contribution >= 4 is 11.9 Å². The third-order valence-electron chi connectivity index (χ3n) is 9.90. The molecular weight excluding hydrogens is 664 g/mol. The van der Waals surface area contributed by atoms with Crippen molar-refractivity contribution in [1.29, 1.82) is 0 Å². The summed E-state index contributed by atoms with van der Waals surface area (Å²) in [6.07, 6.45) is 26.4. The SMILES string of the molecule is CCCCCC/C=C/CCCCCCCC(=O)OC[C@H](CO[C@@H]1O[C@H](CO)[C@H](O)C(O)C1O)OC(=O)CCCCCCCCCCCCCCCC. The molecule has 0 amide bonds. The van der Waals surface area contributed by atoms with Gasteiger partial charge >= 0.3 is 11.9 Å². The molecule has 6 atom stereocenters. The first kappa shape index (κ1) is 48.5. The topological polar surface area (TPSA) is 152 Å². The van der Waals surface area contributed by atoms with Gasteiger partial charge in [0.2, 0.25) is 0 Å². The number of allylic oxidation sites excluding steroid dienone is 2. The predicted molar refractivity (Wildman–Crippen MR) is 206 cm³/mol. The summed E-state index contributed by atoms with van der Waals surface area (Å²) in [6.45, 7) is 3.40. The van der Waals surface area contributed by atoms with Gasteiger partial charge in [-0.3, -0.25) is 9.59 Å². The van der Waals surface area contributed by atoms with Crippen molar-refractivity contribution in [2.75, 3.05) is 19.8 Å². The summed E-state index contributed by atoms with van der Waals surface area (Å²) in [7, 11) is 0. The molecule has 1 fully saturated rings. The molecule has 0 aromatic carbocycles. The van der Waals surface area contributed by atoms with E-state index >= 15 is 0 Å². The van der Waals surface area contributed by atoms with Crippen molar-refractivity contribution in [3.63, 3.8) is 0 Å². The zero-order valence-corrected chi connectivity index (χ0v) is 33.1. The van der Waals surface area contributed by atoms with Gasteiger partial charge in [0.1, 0.15) is 31.0 Å². The van der Waals surface area contributed by atoms with E-state index in [0.29, 0.717) is 6.42 Å². The summed E-state index contributed by atoms with van der Waals surface area (Å²) in [6, 6.07) is 0. The molecule has 1 aliphatic heterocycles. The maximum Gasteiger partial charge on any atom is 0.306 e. The zero-order chi connectivity index (χ0) is 38.1. The second kappa shape index (κ2) is 34.0. The van der Waals surface area contributed by atoms with Crippen molar-refractivity contribution in [3.8, 4) is 0 Å². The first-order valence-electron chi connectivity index (χ1n) is 21.3. The monoisotopic (exact) mass is 743 g/mol. The Morgan fingerprint density at radius 1 is 0.577 bits per heavy atom. The van der Waals surface area contributed by atoms with Crippen molar-refractivity contribution in [2.24, 2.45) is 0 Å². The van der Waals surface area contributed by atoms with Gasteiger partial charge in [-0.05, 0) is 38.5 Å². The third-order valence-corrected chi connectivity index (χ3v) is 9.90. The third kappa shape index (κ3) is 25.5. The van der Waals surface area contributed by atoms with E-state index in [-0.39, 0.29) is 32.0 Å². The molecule has 0 aliphatic carbocycles.